The minimum Gasteiger partial charge on any atom is -0.391 e. The first-order chi connectivity index (χ1) is 8.76. The molecule has 0 bridgehead atoms. The van der Waals surface area contributed by atoms with Crippen LogP contribution in [0.4, 0.5) is 5.82 Å². The molecule has 6 heteroatoms. The third-order valence-corrected chi connectivity index (χ3v) is 3.43. The first-order valence-corrected chi connectivity index (χ1v) is 6.60. The second-order valence-electron chi connectivity index (χ2n) is 4.29. The van der Waals surface area contributed by atoms with E-state index >= 15 is 0 Å². The van der Waals surface area contributed by atoms with Gasteiger partial charge in [0.2, 0.25) is 0 Å². The average molecular weight is 272 g/mol. The largest absolute Gasteiger partial charge is 0.391 e. The summed E-state index contributed by atoms with van der Waals surface area (Å²) in [6.07, 6.45) is 3.78. The first kappa shape index (κ1) is 13.5. The summed E-state index contributed by atoms with van der Waals surface area (Å²) < 4.78 is 5.66. The molecule has 2 rings (SSSR count). The van der Waals surface area contributed by atoms with Crippen LogP contribution >= 0.6 is 11.6 Å². The van der Waals surface area contributed by atoms with E-state index in [0.717, 1.165) is 38.4 Å². The van der Waals surface area contributed by atoms with E-state index in [4.69, 9.17) is 16.3 Å². The molecule has 1 aliphatic heterocycles. The number of nitrogens with zero attached hydrogens (tertiary/aromatic N) is 3. The molecule has 0 saturated carbocycles. The van der Waals surface area contributed by atoms with Gasteiger partial charge in [0.25, 0.3) is 0 Å². The van der Waals surface area contributed by atoms with Gasteiger partial charge in [0.15, 0.2) is 0 Å². The molecule has 1 aromatic rings. The van der Waals surface area contributed by atoms with Crippen molar-refractivity contribution >= 4 is 17.4 Å². The van der Waals surface area contributed by atoms with Crippen LogP contribution in [0.3, 0.4) is 0 Å². The Labute approximate surface area is 112 Å². The van der Waals surface area contributed by atoms with Crippen molar-refractivity contribution in [3.8, 4) is 0 Å². The summed E-state index contributed by atoms with van der Waals surface area (Å²) in [5, 5.41) is 9.70. The molecule has 0 amide bonds. The molecular formula is C12H18ClN3O2. The second-order valence-corrected chi connectivity index (χ2v) is 4.65. The summed E-state index contributed by atoms with van der Waals surface area (Å²) in [5.74, 6) is 0.724. The zero-order valence-corrected chi connectivity index (χ0v) is 11.2. The van der Waals surface area contributed by atoms with Crippen molar-refractivity contribution in [2.24, 2.45) is 0 Å². The maximum Gasteiger partial charge on any atom is 0.140 e. The van der Waals surface area contributed by atoms with Crippen LogP contribution in [0.2, 0.25) is 5.15 Å². The molecule has 0 radical (unpaired) electrons. The molecule has 0 aromatic carbocycles. The SMILES string of the molecule is CCOC1CCCN(c2ncnc(Cl)c2CO)C1. The lowest BCUT2D eigenvalue weighted by Gasteiger charge is -2.34. The smallest absolute Gasteiger partial charge is 0.140 e. The zero-order valence-electron chi connectivity index (χ0n) is 10.5. The number of halogens is 1. The van der Waals surface area contributed by atoms with Crippen molar-refractivity contribution in [1.29, 1.82) is 0 Å². The molecular weight excluding hydrogens is 254 g/mol. The van der Waals surface area contributed by atoms with E-state index in [-0.39, 0.29) is 12.7 Å². The van der Waals surface area contributed by atoms with Gasteiger partial charge < -0.3 is 14.7 Å². The van der Waals surface area contributed by atoms with Gasteiger partial charge in [-0.15, -0.1) is 0 Å². The van der Waals surface area contributed by atoms with E-state index in [2.05, 4.69) is 14.9 Å². The third-order valence-electron chi connectivity index (χ3n) is 3.11. The fourth-order valence-electron chi connectivity index (χ4n) is 2.29. The lowest BCUT2D eigenvalue weighted by atomic mass is 10.1. The Morgan fingerprint density at radius 2 is 2.39 bits per heavy atom. The highest BCUT2D eigenvalue weighted by Gasteiger charge is 2.23. The van der Waals surface area contributed by atoms with Crippen LogP contribution in [0, 0.1) is 0 Å². The maximum absolute atomic E-state index is 9.38. The Hall–Kier alpha value is -0.910. The molecule has 1 unspecified atom stereocenters. The topological polar surface area (TPSA) is 58.5 Å². The molecule has 5 nitrogen and oxygen atoms in total. The van der Waals surface area contributed by atoms with E-state index in [1.54, 1.807) is 0 Å². The second kappa shape index (κ2) is 6.31. The van der Waals surface area contributed by atoms with Crippen molar-refractivity contribution in [3.05, 3.63) is 17.0 Å². The van der Waals surface area contributed by atoms with Crippen LogP contribution in [-0.4, -0.2) is 40.9 Å². The number of aromatic nitrogens is 2. The van der Waals surface area contributed by atoms with Gasteiger partial charge in [-0.25, -0.2) is 9.97 Å². The standard InChI is InChI=1S/C12H18ClN3O2/c1-2-18-9-4-3-5-16(6-9)12-10(7-17)11(13)14-8-15-12/h8-9,17H,2-7H2,1H3. The summed E-state index contributed by atoms with van der Waals surface area (Å²) in [6.45, 7) is 4.26. The number of ether oxygens (including phenoxy) is 1. The molecule has 0 spiro atoms. The zero-order chi connectivity index (χ0) is 13.0. The van der Waals surface area contributed by atoms with E-state index in [1.165, 1.54) is 6.33 Å². The Bertz CT molecular complexity index is 401. The van der Waals surface area contributed by atoms with Crippen LogP contribution in [0.15, 0.2) is 6.33 Å². The molecule has 100 valence electrons. The molecule has 18 heavy (non-hydrogen) atoms. The van der Waals surface area contributed by atoms with Gasteiger partial charge >= 0.3 is 0 Å². The molecule has 1 saturated heterocycles. The minimum absolute atomic E-state index is 0.148. The highest BCUT2D eigenvalue weighted by molar-refractivity contribution is 6.30. The Kier molecular flexibility index (Phi) is 4.74. The van der Waals surface area contributed by atoms with Gasteiger partial charge in [0.1, 0.15) is 17.3 Å². The molecule has 1 atom stereocenters. The fraction of sp³-hybridized carbons (Fsp3) is 0.667. The molecule has 1 fully saturated rings. The summed E-state index contributed by atoms with van der Waals surface area (Å²) in [4.78, 5) is 10.3. The van der Waals surface area contributed by atoms with E-state index < -0.39 is 0 Å². The van der Waals surface area contributed by atoms with Gasteiger partial charge in [-0.1, -0.05) is 11.6 Å². The van der Waals surface area contributed by atoms with Crippen LogP contribution in [0.5, 0.6) is 0 Å². The van der Waals surface area contributed by atoms with Crippen molar-refractivity contribution in [3.63, 3.8) is 0 Å². The van der Waals surface area contributed by atoms with Crippen molar-refractivity contribution < 1.29 is 9.84 Å². The third kappa shape index (κ3) is 2.91. The molecule has 0 aliphatic carbocycles. The summed E-state index contributed by atoms with van der Waals surface area (Å²) in [5.41, 5.74) is 0.594. The molecule has 1 N–H and O–H groups in total. The summed E-state index contributed by atoms with van der Waals surface area (Å²) in [7, 11) is 0. The highest BCUT2D eigenvalue weighted by atomic mass is 35.5. The number of hydrogen-bond acceptors (Lipinski definition) is 5. The highest BCUT2D eigenvalue weighted by Crippen LogP contribution is 2.26. The Morgan fingerprint density at radius 3 is 3.11 bits per heavy atom. The molecule has 2 heterocycles. The number of aliphatic hydroxyl groups is 1. The van der Waals surface area contributed by atoms with E-state index in [1.807, 2.05) is 6.92 Å². The van der Waals surface area contributed by atoms with Gasteiger partial charge in [-0.3, -0.25) is 0 Å². The fourth-order valence-corrected chi connectivity index (χ4v) is 2.48. The van der Waals surface area contributed by atoms with Crippen LogP contribution in [0.1, 0.15) is 25.3 Å². The molecule has 1 aliphatic rings. The van der Waals surface area contributed by atoms with Crippen molar-refractivity contribution in [2.45, 2.75) is 32.5 Å². The number of hydrogen-bond donors (Lipinski definition) is 1. The lowest BCUT2D eigenvalue weighted by Crippen LogP contribution is -2.40. The monoisotopic (exact) mass is 271 g/mol. The first-order valence-electron chi connectivity index (χ1n) is 6.23. The van der Waals surface area contributed by atoms with Crippen LogP contribution < -0.4 is 4.90 Å². The minimum atomic E-state index is -0.148. The molecule has 1 aromatic heterocycles. The van der Waals surface area contributed by atoms with E-state index in [0.29, 0.717) is 10.7 Å². The van der Waals surface area contributed by atoms with Crippen LogP contribution in [-0.2, 0) is 11.3 Å². The predicted molar refractivity (Wildman–Crippen MR) is 69.8 cm³/mol. The predicted octanol–water partition coefficient (Wildman–Crippen LogP) is 1.63. The summed E-state index contributed by atoms with van der Waals surface area (Å²) >= 11 is 5.98. The maximum atomic E-state index is 9.38. The Balaban J connectivity index is 2.18. The number of anilines is 1. The normalized spacial score (nSPS) is 20.2. The number of aliphatic hydroxyl groups excluding tert-OH is 1. The quantitative estimate of drug-likeness (QED) is 0.844. The number of piperidine rings is 1. The van der Waals surface area contributed by atoms with E-state index in [9.17, 15) is 5.11 Å². The van der Waals surface area contributed by atoms with Gasteiger partial charge in [0, 0.05) is 19.7 Å². The summed E-state index contributed by atoms with van der Waals surface area (Å²) in [6, 6.07) is 0. The lowest BCUT2D eigenvalue weighted by molar-refractivity contribution is 0.0524. The van der Waals surface area contributed by atoms with Crippen molar-refractivity contribution in [2.75, 3.05) is 24.6 Å². The van der Waals surface area contributed by atoms with Crippen LogP contribution in [0.25, 0.3) is 0 Å². The Morgan fingerprint density at radius 1 is 1.56 bits per heavy atom. The van der Waals surface area contributed by atoms with Gasteiger partial charge in [-0.2, -0.15) is 0 Å². The average Bonchev–Trinajstić information content (AvgIpc) is 2.39. The van der Waals surface area contributed by atoms with Gasteiger partial charge in [-0.05, 0) is 19.8 Å². The van der Waals surface area contributed by atoms with Crippen molar-refractivity contribution in [1.82, 2.24) is 9.97 Å². The number of rotatable bonds is 4. The van der Waals surface area contributed by atoms with Gasteiger partial charge in [0.05, 0.1) is 18.3 Å².